The third-order valence-electron chi connectivity index (χ3n) is 3.94. The van der Waals surface area contributed by atoms with Crippen molar-refractivity contribution in [3.8, 4) is 6.07 Å². The van der Waals surface area contributed by atoms with Crippen molar-refractivity contribution in [2.75, 3.05) is 6.61 Å². The van der Waals surface area contributed by atoms with E-state index < -0.39 is 0 Å². The van der Waals surface area contributed by atoms with Crippen molar-refractivity contribution in [1.29, 1.82) is 5.26 Å². The summed E-state index contributed by atoms with van der Waals surface area (Å²) in [4.78, 5) is 4.60. The fourth-order valence-corrected chi connectivity index (χ4v) is 3.07. The Morgan fingerprint density at radius 3 is 3.05 bits per heavy atom. The van der Waals surface area contributed by atoms with E-state index >= 15 is 0 Å². The highest BCUT2D eigenvalue weighted by molar-refractivity contribution is 6.20. The van der Waals surface area contributed by atoms with Gasteiger partial charge in [-0.1, -0.05) is 6.07 Å². The number of hydrogen-bond donors (Lipinski definition) is 0. The Kier molecular flexibility index (Phi) is 4.14. The molecule has 0 bridgehead atoms. The normalized spacial score (nSPS) is 20.3. The molecule has 1 aliphatic heterocycles. The molecule has 1 saturated heterocycles. The van der Waals surface area contributed by atoms with E-state index in [1.54, 1.807) is 6.07 Å². The van der Waals surface area contributed by atoms with E-state index in [0.29, 0.717) is 5.56 Å². The minimum Gasteiger partial charge on any atom is -0.376 e. The van der Waals surface area contributed by atoms with Crippen LogP contribution in [0.4, 0.5) is 0 Å². The standard InChI is InChI=1S/C16H18ClN3O/c1-11(17)16-19-15-12(9-18)5-4-7-14(15)20(16)10-13-6-2-3-8-21-13/h4-5,7,11,13H,2-3,6,8,10H2,1H3. The van der Waals surface area contributed by atoms with Gasteiger partial charge in [0.05, 0.1) is 29.1 Å². The second-order valence-corrected chi connectivity index (χ2v) is 6.12. The van der Waals surface area contributed by atoms with Crippen LogP contribution in [0.2, 0.25) is 0 Å². The van der Waals surface area contributed by atoms with Crippen LogP contribution in [0.5, 0.6) is 0 Å². The van der Waals surface area contributed by atoms with Crippen LogP contribution < -0.4 is 0 Å². The molecule has 1 aliphatic rings. The molecule has 1 aromatic carbocycles. The topological polar surface area (TPSA) is 50.8 Å². The molecule has 110 valence electrons. The summed E-state index contributed by atoms with van der Waals surface area (Å²) in [7, 11) is 0. The summed E-state index contributed by atoms with van der Waals surface area (Å²) in [5, 5.41) is 9.04. The zero-order valence-electron chi connectivity index (χ0n) is 12.1. The molecule has 2 unspecified atom stereocenters. The molecule has 3 rings (SSSR count). The maximum absolute atomic E-state index is 9.24. The Bertz CT molecular complexity index is 681. The van der Waals surface area contributed by atoms with Crippen LogP contribution in [-0.2, 0) is 11.3 Å². The first-order valence-corrected chi connectivity index (χ1v) is 7.79. The molecule has 0 spiro atoms. The van der Waals surface area contributed by atoms with Crippen LogP contribution in [0.15, 0.2) is 18.2 Å². The van der Waals surface area contributed by atoms with Gasteiger partial charge in [0, 0.05) is 6.61 Å². The summed E-state index contributed by atoms with van der Waals surface area (Å²) >= 11 is 6.29. The highest BCUT2D eigenvalue weighted by Gasteiger charge is 2.21. The predicted molar refractivity (Wildman–Crippen MR) is 82.3 cm³/mol. The van der Waals surface area contributed by atoms with E-state index in [1.807, 2.05) is 19.1 Å². The lowest BCUT2D eigenvalue weighted by molar-refractivity contribution is 0.00619. The quantitative estimate of drug-likeness (QED) is 0.811. The van der Waals surface area contributed by atoms with Gasteiger partial charge < -0.3 is 9.30 Å². The van der Waals surface area contributed by atoms with Crippen molar-refractivity contribution in [1.82, 2.24) is 9.55 Å². The van der Waals surface area contributed by atoms with E-state index in [4.69, 9.17) is 16.3 Å². The van der Waals surface area contributed by atoms with Crippen LogP contribution in [0.3, 0.4) is 0 Å². The summed E-state index contributed by atoms with van der Waals surface area (Å²) in [6.45, 7) is 3.48. The molecule has 4 nitrogen and oxygen atoms in total. The summed E-state index contributed by atoms with van der Waals surface area (Å²) < 4.78 is 7.95. The average Bonchev–Trinajstić information content (AvgIpc) is 2.87. The van der Waals surface area contributed by atoms with Gasteiger partial charge in [0.25, 0.3) is 0 Å². The lowest BCUT2D eigenvalue weighted by Gasteiger charge is -2.24. The number of rotatable bonds is 3. The van der Waals surface area contributed by atoms with Gasteiger partial charge in [-0.2, -0.15) is 5.26 Å². The summed E-state index contributed by atoms with van der Waals surface area (Å²) in [6, 6.07) is 7.88. The molecule has 2 aromatic rings. The number of fused-ring (bicyclic) bond motifs is 1. The smallest absolute Gasteiger partial charge is 0.127 e. The Hall–Kier alpha value is -1.57. The van der Waals surface area contributed by atoms with Gasteiger partial charge in [-0.05, 0) is 38.3 Å². The van der Waals surface area contributed by atoms with E-state index in [1.165, 1.54) is 6.42 Å². The van der Waals surface area contributed by atoms with E-state index in [2.05, 4.69) is 15.6 Å². The monoisotopic (exact) mass is 303 g/mol. The first kappa shape index (κ1) is 14.4. The van der Waals surface area contributed by atoms with Crippen LogP contribution in [0.25, 0.3) is 11.0 Å². The number of benzene rings is 1. The molecule has 2 atom stereocenters. The van der Waals surface area contributed by atoms with Crippen LogP contribution in [-0.4, -0.2) is 22.3 Å². The van der Waals surface area contributed by atoms with E-state index in [0.717, 1.165) is 42.9 Å². The van der Waals surface area contributed by atoms with Crippen molar-refractivity contribution in [2.24, 2.45) is 0 Å². The van der Waals surface area contributed by atoms with Gasteiger partial charge in [-0.25, -0.2) is 4.98 Å². The average molecular weight is 304 g/mol. The van der Waals surface area contributed by atoms with Crippen LogP contribution in [0.1, 0.15) is 43.0 Å². The lowest BCUT2D eigenvalue weighted by atomic mass is 10.1. The number of hydrogen-bond acceptors (Lipinski definition) is 3. The van der Waals surface area contributed by atoms with Crippen molar-refractivity contribution >= 4 is 22.6 Å². The lowest BCUT2D eigenvalue weighted by Crippen LogP contribution is -2.25. The fraction of sp³-hybridized carbons (Fsp3) is 0.500. The predicted octanol–water partition coefficient (Wildman–Crippen LogP) is 3.78. The maximum Gasteiger partial charge on any atom is 0.127 e. The highest BCUT2D eigenvalue weighted by atomic mass is 35.5. The molecule has 5 heteroatoms. The molecular weight excluding hydrogens is 286 g/mol. The molecule has 0 radical (unpaired) electrons. The molecular formula is C16H18ClN3O. The fourth-order valence-electron chi connectivity index (χ4n) is 2.91. The Morgan fingerprint density at radius 2 is 2.38 bits per heavy atom. The molecule has 0 N–H and O–H groups in total. The first-order valence-electron chi connectivity index (χ1n) is 7.35. The minimum absolute atomic E-state index is 0.201. The number of nitrogens with zero attached hydrogens (tertiary/aromatic N) is 3. The van der Waals surface area contributed by atoms with Crippen LogP contribution in [0, 0.1) is 11.3 Å². The third kappa shape index (κ3) is 2.76. The zero-order valence-corrected chi connectivity index (χ0v) is 12.8. The SMILES string of the molecule is CC(Cl)c1nc2c(C#N)cccc2n1CC1CCCCO1. The molecule has 0 amide bonds. The Morgan fingerprint density at radius 1 is 1.52 bits per heavy atom. The molecule has 1 aromatic heterocycles. The number of aromatic nitrogens is 2. The molecule has 2 heterocycles. The minimum atomic E-state index is -0.201. The first-order chi connectivity index (χ1) is 10.2. The van der Waals surface area contributed by atoms with Crippen molar-refractivity contribution in [2.45, 2.75) is 44.2 Å². The van der Waals surface area contributed by atoms with Gasteiger partial charge >= 0.3 is 0 Å². The highest BCUT2D eigenvalue weighted by Crippen LogP contribution is 2.28. The van der Waals surface area contributed by atoms with Crippen molar-refractivity contribution in [3.05, 3.63) is 29.6 Å². The largest absolute Gasteiger partial charge is 0.376 e. The van der Waals surface area contributed by atoms with Crippen LogP contribution >= 0.6 is 11.6 Å². The van der Waals surface area contributed by atoms with Crippen molar-refractivity contribution in [3.63, 3.8) is 0 Å². The number of imidazole rings is 1. The Balaban J connectivity index is 2.06. The van der Waals surface area contributed by atoms with E-state index in [-0.39, 0.29) is 11.5 Å². The molecule has 1 fully saturated rings. The van der Waals surface area contributed by atoms with Gasteiger partial charge in [0.1, 0.15) is 17.4 Å². The second kappa shape index (κ2) is 6.05. The third-order valence-corrected chi connectivity index (χ3v) is 4.14. The summed E-state index contributed by atoms with van der Waals surface area (Å²) in [6.07, 6.45) is 3.61. The summed E-state index contributed by atoms with van der Waals surface area (Å²) in [5.41, 5.74) is 2.29. The van der Waals surface area contributed by atoms with Gasteiger partial charge in [0.2, 0.25) is 0 Å². The number of alkyl halides is 1. The summed E-state index contributed by atoms with van der Waals surface area (Å²) in [5.74, 6) is 0.809. The van der Waals surface area contributed by atoms with Gasteiger partial charge in [-0.3, -0.25) is 0 Å². The van der Waals surface area contributed by atoms with Crippen molar-refractivity contribution < 1.29 is 4.74 Å². The molecule has 0 aliphatic carbocycles. The molecule has 0 saturated carbocycles. The number of nitriles is 1. The zero-order chi connectivity index (χ0) is 14.8. The number of ether oxygens (including phenoxy) is 1. The second-order valence-electron chi connectivity index (χ2n) is 5.47. The van der Waals surface area contributed by atoms with Gasteiger partial charge in [0.15, 0.2) is 0 Å². The molecule has 21 heavy (non-hydrogen) atoms. The van der Waals surface area contributed by atoms with E-state index in [9.17, 15) is 5.26 Å². The number of halogens is 1. The maximum atomic E-state index is 9.24. The van der Waals surface area contributed by atoms with Gasteiger partial charge in [-0.15, -0.1) is 11.6 Å². The Labute approximate surface area is 129 Å². The number of para-hydroxylation sites is 1.